The van der Waals surface area contributed by atoms with Crippen LogP contribution in [0.4, 0.5) is 5.69 Å². The number of para-hydroxylation sites is 1. The Morgan fingerprint density at radius 3 is 2.48 bits per heavy atom. The highest BCUT2D eigenvalue weighted by Gasteiger charge is 2.17. The summed E-state index contributed by atoms with van der Waals surface area (Å²) in [6.07, 6.45) is 0.363. The van der Waals surface area contributed by atoms with Crippen LogP contribution in [-0.4, -0.2) is 32.1 Å². The summed E-state index contributed by atoms with van der Waals surface area (Å²) in [5.74, 6) is 1.08. The van der Waals surface area contributed by atoms with Crippen LogP contribution in [0.25, 0.3) is 0 Å². The van der Waals surface area contributed by atoms with Crippen molar-refractivity contribution in [2.75, 3.05) is 25.0 Å². The van der Waals surface area contributed by atoms with E-state index in [1.807, 2.05) is 31.2 Å². The molecule has 0 aliphatic rings. The van der Waals surface area contributed by atoms with Crippen LogP contribution in [0.2, 0.25) is 0 Å². The smallest absolute Gasteiger partial charge is 0.260 e. The maximum atomic E-state index is 12.4. The number of nitrogens with zero attached hydrogens (tertiary/aromatic N) is 1. The number of anilines is 1. The van der Waals surface area contributed by atoms with E-state index >= 15 is 0 Å². The molecule has 0 aliphatic carbocycles. The Kier molecular flexibility index (Phi) is 7.71. The molecule has 0 aliphatic heterocycles. The Morgan fingerprint density at radius 1 is 1.11 bits per heavy atom. The number of hydrogen-bond donors (Lipinski definition) is 1. The quantitative estimate of drug-likeness (QED) is 0.661. The zero-order chi connectivity index (χ0) is 19.8. The van der Waals surface area contributed by atoms with Gasteiger partial charge in [-0.3, -0.25) is 4.79 Å². The Morgan fingerprint density at radius 2 is 1.81 bits per heavy atom. The summed E-state index contributed by atoms with van der Waals surface area (Å²) in [5, 5.41) is 2.98. The van der Waals surface area contributed by atoms with Crippen LogP contribution in [0, 0.1) is 6.92 Å². The van der Waals surface area contributed by atoms with Crippen LogP contribution in [0.3, 0.4) is 0 Å². The Labute approximate surface area is 163 Å². The molecule has 1 amide bonds. The molecule has 4 nitrogen and oxygen atoms in total. The lowest BCUT2D eigenvalue weighted by Gasteiger charge is -2.21. The van der Waals surface area contributed by atoms with Crippen LogP contribution >= 0.6 is 0 Å². The number of hydrogen-bond acceptors (Lipinski definition) is 3. The van der Waals surface area contributed by atoms with Gasteiger partial charge in [0.2, 0.25) is 0 Å². The number of rotatable bonds is 9. The summed E-state index contributed by atoms with van der Waals surface area (Å²) in [5.41, 5.74) is 3.44. The van der Waals surface area contributed by atoms with Crippen molar-refractivity contribution in [3.8, 4) is 5.75 Å². The molecule has 146 valence electrons. The molecule has 0 unspecified atom stereocenters. The highest BCUT2D eigenvalue weighted by Crippen LogP contribution is 2.28. The molecule has 4 heteroatoms. The van der Waals surface area contributed by atoms with Crippen molar-refractivity contribution < 1.29 is 9.53 Å². The molecule has 0 heterocycles. The Balaban J connectivity index is 1.80. The van der Waals surface area contributed by atoms with Crippen molar-refractivity contribution in [2.24, 2.45) is 0 Å². The minimum Gasteiger partial charge on any atom is -0.481 e. The molecule has 0 spiro atoms. The van der Waals surface area contributed by atoms with E-state index < -0.39 is 6.10 Å². The van der Waals surface area contributed by atoms with Crippen molar-refractivity contribution in [3.63, 3.8) is 0 Å². The minimum atomic E-state index is -0.517. The maximum absolute atomic E-state index is 12.4. The molecule has 0 aromatic heterocycles. The van der Waals surface area contributed by atoms with Crippen LogP contribution in [0.15, 0.2) is 48.5 Å². The number of carbonyl (C=O) groups is 1. The lowest BCUT2D eigenvalue weighted by molar-refractivity contribution is -0.127. The third-order valence-electron chi connectivity index (χ3n) is 4.63. The zero-order valence-electron chi connectivity index (χ0n) is 17.2. The van der Waals surface area contributed by atoms with Gasteiger partial charge in [0.25, 0.3) is 5.91 Å². The van der Waals surface area contributed by atoms with Gasteiger partial charge in [0.15, 0.2) is 6.10 Å². The molecule has 0 bridgehead atoms. The molecule has 0 saturated carbocycles. The molecule has 0 fully saturated rings. The molecule has 2 rings (SSSR count). The van der Waals surface area contributed by atoms with Crippen LogP contribution in [-0.2, 0) is 4.79 Å². The van der Waals surface area contributed by atoms with Crippen LogP contribution < -0.4 is 15.0 Å². The molecule has 1 N–H and O–H groups in total. The standard InChI is InChI=1S/C23H32N2O2/c1-17(2)21-13-12-18(3)16-22(21)27-19(4)23(26)24-14-9-15-25(5)20-10-7-6-8-11-20/h6-8,10-13,16-17,19H,9,14-15H2,1-5H3,(H,24,26)/t19-/m0/s1. The first-order valence-corrected chi connectivity index (χ1v) is 9.69. The fraction of sp³-hybridized carbons (Fsp3) is 0.435. The first-order valence-electron chi connectivity index (χ1n) is 9.69. The van der Waals surface area contributed by atoms with Crippen molar-refractivity contribution in [3.05, 3.63) is 59.7 Å². The molecule has 0 saturated heterocycles. The van der Waals surface area contributed by atoms with Gasteiger partial charge in [0, 0.05) is 25.8 Å². The first-order chi connectivity index (χ1) is 12.9. The second-order valence-electron chi connectivity index (χ2n) is 7.36. The molecule has 2 aromatic rings. The number of benzene rings is 2. The van der Waals surface area contributed by atoms with Gasteiger partial charge >= 0.3 is 0 Å². The van der Waals surface area contributed by atoms with Crippen LogP contribution in [0.5, 0.6) is 5.75 Å². The van der Waals surface area contributed by atoms with E-state index in [4.69, 9.17) is 4.74 Å². The number of amides is 1. The minimum absolute atomic E-state index is 0.0754. The lowest BCUT2D eigenvalue weighted by Crippen LogP contribution is -2.37. The fourth-order valence-electron chi connectivity index (χ4n) is 2.95. The van der Waals surface area contributed by atoms with Crippen LogP contribution in [0.1, 0.15) is 44.2 Å². The summed E-state index contributed by atoms with van der Waals surface area (Å²) in [7, 11) is 2.06. The van der Waals surface area contributed by atoms with E-state index in [9.17, 15) is 4.79 Å². The van der Waals surface area contributed by atoms with E-state index in [2.05, 4.69) is 55.4 Å². The number of ether oxygens (including phenoxy) is 1. The van der Waals surface area contributed by atoms with E-state index in [0.29, 0.717) is 12.5 Å². The molecule has 1 atom stereocenters. The van der Waals surface area contributed by atoms with Gasteiger partial charge in [0.1, 0.15) is 5.75 Å². The highest BCUT2D eigenvalue weighted by molar-refractivity contribution is 5.80. The third kappa shape index (κ3) is 6.31. The SMILES string of the molecule is Cc1ccc(C(C)C)c(O[C@@H](C)C(=O)NCCCN(C)c2ccccc2)c1. The predicted octanol–water partition coefficient (Wildman–Crippen LogP) is 4.53. The van der Waals surface area contributed by atoms with Gasteiger partial charge < -0.3 is 15.0 Å². The topological polar surface area (TPSA) is 41.6 Å². The number of aryl methyl sites for hydroxylation is 1. The van der Waals surface area contributed by atoms with Crippen molar-refractivity contribution in [1.29, 1.82) is 0 Å². The van der Waals surface area contributed by atoms with Crippen molar-refractivity contribution in [2.45, 2.75) is 46.1 Å². The van der Waals surface area contributed by atoms with Gasteiger partial charge in [-0.1, -0.05) is 44.2 Å². The molecule has 0 radical (unpaired) electrons. The summed E-state index contributed by atoms with van der Waals surface area (Å²) in [6.45, 7) is 9.61. The summed E-state index contributed by atoms with van der Waals surface area (Å²) in [6, 6.07) is 16.4. The molecule has 27 heavy (non-hydrogen) atoms. The normalized spacial score (nSPS) is 11.9. The summed E-state index contributed by atoms with van der Waals surface area (Å²) < 4.78 is 5.97. The third-order valence-corrected chi connectivity index (χ3v) is 4.63. The van der Waals surface area contributed by atoms with Crippen molar-refractivity contribution in [1.82, 2.24) is 5.32 Å². The van der Waals surface area contributed by atoms with Gasteiger partial charge in [-0.25, -0.2) is 0 Å². The fourth-order valence-corrected chi connectivity index (χ4v) is 2.95. The zero-order valence-corrected chi connectivity index (χ0v) is 17.2. The molecular formula is C23H32N2O2. The number of carbonyl (C=O) groups excluding carboxylic acids is 1. The van der Waals surface area contributed by atoms with E-state index in [-0.39, 0.29) is 5.91 Å². The monoisotopic (exact) mass is 368 g/mol. The Hall–Kier alpha value is -2.49. The first kappa shape index (κ1) is 20.8. The summed E-state index contributed by atoms with van der Waals surface area (Å²) >= 11 is 0. The summed E-state index contributed by atoms with van der Waals surface area (Å²) in [4.78, 5) is 14.6. The van der Waals surface area contributed by atoms with Gasteiger partial charge in [-0.05, 0) is 55.5 Å². The largest absolute Gasteiger partial charge is 0.481 e. The molecular weight excluding hydrogens is 336 g/mol. The number of nitrogens with one attached hydrogen (secondary N) is 1. The lowest BCUT2D eigenvalue weighted by atomic mass is 10.0. The Bertz CT molecular complexity index is 728. The second kappa shape index (κ2) is 10.0. The van der Waals surface area contributed by atoms with E-state index in [1.165, 1.54) is 5.69 Å². The van der Waals surface area contributed by atoms with Gasteiger partial charge in [-0.2, -0.15) is 0 Å². The highest BCUT2D eigenvalue weighted by atomic mass is 16.5. The second-order valence-corrected chi connectivity index (χ2v) is 7.36. The predicted molar refractivity (Wildman–Crippen MR) is 113 cm³/mol. The van der Waals surface area contributed by atoms with Crippen molar-refractivity contribution >= 4 is 11.6 Å². The maximum Gasteiger partial charge on any atom is 0.260 e. The van der Waals surface area contributed by atoms with E-state index in [0.717, 1.165) is 29.8 Å². The average Bonchev–Trinajstić information content (AvgIpc) is 2.65. The van der Waals surface area contributed by atoms with Gasteiger partial charge in [0.05, 0.1) is 0 Å². The van der Waals surface area contributed by atoms with E-state index in [1.54, 1.807) is 6.92 Å². The van der Waals surface area contributed by atoms with Gasteiger partial charge in [-0.15, -0.1) is 0 Å². The average molecular weight is 369 g/mol. The molecule has 2 aromatic carbocycles.